The number of nitrogens with zero attached hydrogens (tertiary/aromatic N) is 4. The summed E-state index contributed by atoms with van der Waals surface area (Å²) in [6, 6.07) is 8.60. The van der Waals surface area contributed by atoms with Crippen LogP contribution in [0.3, 0.4) is 0 Å². The highest BCUT2D eigenvalue weighted by molar-refractivity contribution is 6.14. The normalized spacial score (nSPS) is 22.5. The van der Waals surface area contributed by atoms with E-state index in [1.165, 1.54) is 5.56 Å². The van der Waals surface area contributed by atoms with Gasteiger partial charge in [0.1, 0.15) is 23.5 Å². The molecule has 2 aliphatic heterocycles. The van der Waals surface area contributed by atoms with Crippen LogP contribution in [0.15, 0.2) is 35.6 Å². The Morgan fingerprint density at radius 1 is 1.26 bits per heavy atom. The Labute approximate surface area is 159 Å². The highest BCUT2D eigenvalue weighted by Crippen LogP contribution is 2.43. The number of aliphatic imine (C=N–C) groups is 1. The predicted molar refractivity (Wildman–Crippen MR) is 106 cm³/mol. The molecule has 2 aromatic rings. The van der Waals surface area contributed by atoms with Gasteiger partial charge in [-0.1, -0.05) is 13.0 Å². The van der Waals surface area contributed by atoms with Crippen molar-refractivity contribution in [3.8, 4) is 5.75 Å². The van der Waals surface area contributed by atoms with Crippen LogP contribution >= 0.6 is 0 Å². The molecule has 2 fully saturated rings. The molecule has 1 saturated heterocycles. The molecule has 3 aliphatic rings. The van der Waals surface area contributed by atoms with Crippen LogP contribution in [-0.4, -0.2) is 40.4 Å². The van der Waals surface area contributed by atoms with Gasteiger partial charge in [-0.2, -0.15) is 0 Å². The zero-order valence-corrected chi connectivity index (χ0v) is 15.7. The van der Waals surface area contributed by atoms with Crippen LogP contribution in [0.4, 0.5) is 5.82 Å². The van der Waals surface area contributed by atoms with Gasteiger partial charge in [-0.05, 0) is 43.4 Å². The van der Waals surface area contributed by atoms with Crippen LogP contribution < -0.4 is 15.4 Å². The number of nitrogens with two attached hydrogens (primary N) is 1. The summed E-state index contributed by atoms with van der Waals surface area (Å²) in [6.07, 6.45) is 5.98. The molecule has 3 heterocycles. The van der Waals surface area contributed by atoms with Crippen LogP contribution in [0.1, 0.15) is 49.4 Å². The van der Waals surface area contributed by atoms with Crippen molar-refractivity contribution in [3.63, 3.8) is 0 Å². The fourth-order valence-electron chi connectivity index (χ4n) is 4.01. The number of hydrogen-bond donors (Lipinski definition) is 1. The number of aromatic nitrogens is 2. The number of hydrogen-bond acceptors (Lipinski definition) is 6. The Morgan fingerprint density at radius 2 is 2.15 bits per heavy atom. The van der Waals surface area contributed by atoms with Crippen LogP contribution in [0.25, 0.3) is 0 Å². The van der Waals surface area contributed by atoms with Crippen molar-refractivity contribution in [2.75, 3.05) is 18.0 Å². The summed E-state index contributed by atoms with van der Waals surface area (Å²) in [5.41, 5.74) is 10.3. The highest BCUT2D eigenvalue weighted by Gasteiger charge is 2.43. The maximum Gasteiger partial charge on any atom is 0.132 e. The first-order valence-electron chi connectivity index (χ1n) is 9.85. The Hall–Kier alpha value is -2.47. The van der Waals surface area contributed by atoms with E-state index in [9.17, 15) is 0 Å². The summed E-state index contributed by atoms with van der Waals surface area (Å²) in [4.78, 5) is 15.9. The van der Waals surface area contributed by atoms with Crippen molar-refractivity contribution in [1.82, 2.24) is 9.97 Å². The van der Waals surface area contributed by atoms with Crippen molar-refractivity contribution in [3.05, 3.63) is 47.4 Å². The molecule has 1 aliphatic carbocycles. The van der Waals surface area contributed by atoms with Crippen molar-refractivity contribution in [2.24, 2.45) is 10.7 Å². The maximum absolute atomic E-state index is 6.28. The molecule has 0 unspecified atom stereocenters. The van der Waals surface area contributed by atoms with Gasteiger partial charge in [0.25, 0.3) is 0 Å². The lowest BCUT2D eigenvalue weighted by Crippen LogP contribution is -2.27. The summed E-state index contributed by atoms with van der Waals surface area (Å²) >= 11 is 0. The van der Waals surface area contributed by atoms with Gasteiger partial charge < -0.3 is 15.4 Å². The second-order valence-electron chi connectivity index (χ2n) is 7.88. The lowest BCUT2D eigenvalue weighted by atomic mass is 10.0. The fraction of sp³-hybridized carbons (Fsp3) is 0.476. The number of anilines is 1. The van der Waals surface area contributed by atoms with Gasteiger partial charge in [0.15, 0.2) is 0 Å². The van der Waals surface area contributed by atoms with E-state index in [2.05, 4.69) is 40.0 Å². The molecule has 2 N–H and O–H groups in total. The largest absolute Gasteiger partial charge is 0.487 e. The van der Waals surface area contributed by atoms with E-state index in [1.54, 1.807) is 6.33 Å². The quantitative estimate of drug-likeness (QED) is 0.884. The molecule has 0 bridgehead atoms. The topological polar surface area (TPSA) is 76.6 Å². The first-order valence-corrected chi connectivity index (χ1v) is 9.85. The van der Waals surface area contributed by atoms with Gasteiger partial charge in [0, 0.05) is 30.8 Å². The molecular formula is C21H25N5O. The molecule has 0 spiro atoms. The molecule has 0 radical (unpaired) electrons. The van der Waals surface area contributed by atoms with E-state index in [-0.39, 0.29) is 11.6 Å². The molecular weight excluding hydrogens is 338 g/mol. The third-order valence-electron chi connectivity index (χ3n) is 5.97. The zero-order valence-electron chi connectivity index (χ0n) is 15.7. The van der Waals surface area contributed by atoms with Gasteiger partial charge in [-0.3, -0.25) is 4.99 Å². The van der Waals surface area contributed by atoms with E-state index in [0.29, 0.717) is 6.54 Å². The fourth-order valence-corrected chi connectivity index (χ4v) is 4.01. The molecule has 0 amide bonds. The van der Waals surface area contributed by atoms with Gasteiger partial charge in [0.05, 0.1) is 18.0 Å². The van der Waals surface area contributed by atoms with Crippen molar-refractivity contribution in [1.29, 1.82) is 0 Å². The number of fused-ring (bicyclic) bond motifs is 1. The lowest BCUT2D eigenvalue weighted by Gasteiger charge is -2.18. The highest BCUT2D eigenvalue weighted by atomic mass is 16.5. The zero-order chi connectivity index (χ0) is 18.4. The van der Waals surface area contributed by atoms with Crippen LogP contribution in [0, 0.1) is 0 Å². The van der Waals surface area contributed by atoms with E-state index >= 15 is 0 Å². The first kappa shape index (κ1) is 16.7. The van der Waals surface area contributed by atoms with E-state index in [4.69, 9.17) is 15.5 Å². The molecule has 1 atom stereocenters. The number of benzene rings is 1. The van der Waals surface area contributed by atoms with Crippen molar-refractivity contribution < 1.29 is 4.74 Å². The van der Waals surface area contributed by atoms with Crippen molar-refractivity contribution >= 4 is 11.5 Å². The Kier molecular flexibility index (Phi) is 3.90. The van der Waals surface area contributed by atoms with Gasteiger partial charge in [-0.25, -0.2) is 9.97 Å². The minimum atomic E-state index is 0.0563. The summed E-state index contributed by atoms with van der Waals surface area (Å²) < 4.78 is 6.28. The minimum absolute atomic E-state index is 0.0563. The van der Waals surface area contributed by atoms with Crippen LogP contribution in [0.2, 0.25) is 0 Å². The third-order valence-corrected chi connectivity index (χ3v) is 5.97. The summed E-state index contributed by atoms with van der Waals surface area (Å²) in [6.45, 7) is 4.67. The average molecular weight is 363 g/mol. The predicted octanol–water partition coefficient (Wildman–Crippen LogP) is 2.69. The summed E-state index contributed by atoms with van der Waals surface area (Å²) in [5.74, 6) is 1.86. The molecule has 1 aromatic heterocycles. The molecule has 6 heteroatoms. The Morgan fingerprint density at radius 3 is 2.89 bits per heavy atom. The molecule has 5 rings (SSSR count). The minimum Gasteiger partial charge on any atom is -0.487 e. The third kappa shape index (κ3) is 3.08. The molecule has 27 heavy (non-hydrogen) atoms. The van der Waals surface area contributed by atoms with Gasteiger partial charge in [0.2, 0.25) is 0 Å². The smallest absolute Gasteiger partial charge is 0.132 e. The van der Waals surface area contributed by atoms with E-state index in [1.807, 2.05) is 6.07 Å². The van der Waals surface area contributed by atoms with E-state index in [0.717, 1.165) is 67.3 Å². The molecule has 1 saturated carbocycles. The molecule has 6 nitrogen and oxygen atoms in total. The second-order valence-corrected chi connectivity index (χ2v) is 7.88. The van der Waals surface area contributed by atoms with Crippen molar-refractivity contribution in [2.45, 2.75) is 50.8 Å². The Bertz CT molecular complexity index is 905. The number of ether oxygens (including phenoxy) is 1. The van der Waals surface area contributed by atoms with Gasteiger partial charge in [-0.15, -0.1) is 0 Å². The SMILES string of the molecule is CCC1(Oc2ccc3c(c2)C(c2cc(N4CC[C@@H](N)C4)ncn2)=NC3)CC1. The molecule has 140 valence electrons. The Balaban J connectivity index is 1.43. The first-order chi connectivity index (χ1) is 13.2. The standard InChI is InChI=1S/C21H25N5O/c1-2-21(6-7-21)27-16-4-3-14-11-23-20(17(14)9-16)18-10-19(25-13-24-18)26-8-5-15(22)12-26/h3-4,9-10,13,15H,2,5-8,11-12,22H2,1H3/t15-/m1/s1. The number of rotatable bonds is 5. The summed E-state index contributed by atoms with van der Waals surface area (Å²) in [5, 5.41) is 0. The second kappa shape index (κ2) is 6.30. The average Bonchev–Trinajstić information content (AvgIpc) is 3.12. The summed E-state index contributed by atoms with van der Waals surface area (Å²) in [7, 11) is 0. The van der Waals surface area contributed by atoms with Gasteiger partial charge >= 0.3 is 0 Å². The maximum atomic E-state index is 6.28. The van der Waals surface area contributed by atoms with Crippen LogP contribution in [-0.2, 0) is 6.54 Å². The monoisotopic (exact) mass is 363 g/mol. The molecule has 1 aromatic carbocycles. The lowest BCUT2D eigenvalue weighted by molar-refractivity contribution is 0.174. The van der Waals surface area contributed by atoms with Crippen LogP contribution in [0.5, 0.6) is 5.75 Å². The van der Waals surface area contributed by atoms with E-state index < -0.39 is 0 Å².